The first-order valence-corrected chi connectivity index (χ1v) is 10.1. The lowest BCUT2D eigenvalue weighted by atomic mass is 10.1. The second-order valence-corrected chi connectivity index (χ2v) is 7.73. The lowest BCUT2D eigenvalue weighted by molar-refractivity contribution is -0.140. The van der Waals surface area contributed by atoms with Gasteiger partial charge in [-0.15, -0.1) is 0 Å². The van der Waals surface area contributed by atoms with Crippen LogP contribution in [0.1, 0.15) is 11.3 Å². The van der Waals surface area contributed by atoms with Gasteiger partial charge < -0.3 is 9.64 Å². The van der Waals surface area contributed by atoms with Crippen molar-refractivity contribution in [3.05, 3.63) is 77.6 Å². The molecular formula is C23H20F3N5O. The molecule has 0 spiro atoms. The normalized spacial score (nSPS) is 16.2. The van der Waals surface area contributed by atoms with Gasteiger partial charge >= 0.3 is 6.18 Å². The lowest BCUT2D eigenvalue weighted by Gasteiger charge is -2.22. The molecule has 9 heteroatoms. The van der Waals surface area contributed by atoms with Crippen molar-refractivity contribution in [1.29, 1.82) is 0 Å². The van der Waals surface area contributed by atoms with Gasteiger partial charge in [0.2, 0.25) is 0 Å². The number of nitrogens with zero attached hydrogens (tertiary/aromatic N) is 4. The van der Waals surface area contributed by atoms with E-state index in [9.17, 15) is 13.2 Å². The molecule has 0 aliphatic carbocycles. The highest BCUT2D eigenvalue weighted by atomic mass is 19.4. The zero-order valence-electron chi connectivity index (χ0n) is 17.4. The highest BCUT2D eigenvalue weighted by Crippen LogP contribution is 2.31. The largest absolute Gasteiger partial charge is 0.488 e. The zero-order chi connectivity index (χ0) is 22.5. The van der Waals surface area contributed by atoms with E-state index in [1.54, 1.807) is 12.1 Å². The standard InChI is InChI=1S/C23H20F3N5O/c1-14-11-15(16-4-5-18-17(27-16)6-8-22(28-18)23(24,25)26)3-7-20(14)31-9-10-32-21-13-30(2)29-19(21)12-31/h3-8,11-13,29H,9-10H2,1-2H3. The predicted octanol–water partition coefficient (Wildman–Crippen LogP) is 4.59. The SMILES string of the molecule is Cc1cc(-c2ccc3nc(C(F)(F)F)ccc3n2)ccc1N1C=C2NN(C)C=C2OCC1. The second-order valence-electron chi connectivity index (χ2n) is 7.73. The van der Waals surface area contributed by atoms with E-state index in [-0.39, 0.29) is 5.52 Å². The van der Waals surface area contributed by atoms with Gasteiger partial charge in [0.15, 0.2) is 5.76 Å². The monoisotopic (exact) mass is 439 g/mol. The molecule has 0 atom stereocenters. The molecule has 1 aromatic carbocycles. The van der Waals surface area contributed by atoms with E-state index in [4.69, 9.17) is 4.74 Å². The van der Waals surface area contributed by atoms with Crippen LogP contribution in [-0.2, 0) is 10.9 Å². The van der Waals surface area contributed by atoms with Gasteiger partial charge in [-0.05, 0) is 48.9 Å². The summed E-state index contributed by atoms with van der Waals surface area (Å²) >= 11 is 0. The quantitative estimate of drug-likeness (QED) is 0.630. The molecule has 5 rings (SSSR count). The van der Waals surface area contributed by atoms with E-state index in [0.29, 0.717) is 24.4 Å². The van der Waals surface area contributed by atoms with Crippen LogP contribution in [0.4, 0.5) is 18.9 Å². The summed E-state index contributed by atoms with van der Waals surface area (Å²) in [4.78, 5) is 10.3. The number of rotatable bonds is 2. The first kappa shape index (κ1) is 20.2. The Balaban J connectivity index is 1.45. The molecule has 2 aromatic heterocycles. The van der Waals surface area contributed by atoms with Crippen molar-refractivity contribution in [3.63, 3.8) is 0 Å². The maximum Gasteiger partial charge on any atom is 0.433 e. The number of pyridine rings is 2. The molecule has 6 nitrogen and oxygen atoms in total. The number of alkyl halides is 3. The summed E-state index contributed by atoms with van der Waals surface area (Å²) in [5, 5.41) is 1.85. The number of benzene rings is 1. The number of ether oxygens (including phenoxy) is 1. The number of fused-ring (bicyclic) bond motifs is 2. The van der Waals surface area contributed by atoms with E-state index in [1.807, 2.05) is 49.6 Å². The molecule has 0 saturated heterocycles. The van der Waals surface area contributed by atoms with Crippen molar-refractivity contribution in [1.82, 2.24) is 20.4 Å². The number of hydrazine groups is 1. The van der Waals surface area contributed by atoms with Crippen LogP contribution in [0, 0.1) is 6.92 Å². The third-order valence-corrected chi connectivity index (χ3v) is 5.38. The molecule has 4 heterocycles. The predicted molar refractivity (Wildman–Crippen MR) is 115 cm³/mol. The summed E-state index contributed by atoms with van der Waals surface area (Å²) in [5.41, 5.74) is 7.49. The van der Waals surface area contributed by atoms with Crippen LogP contribution in [-0.4, -0.2) is 35.2 Å². The summed E-state index contributed by atoms with van der Waals surface area (Å²) in [6.45, 7) is 3.28. The fraction of sp³-hybridized carbons (Fsp3) is 0.217. The van der Waals surface area contributed by atoms with Crippen molar-refractivity contribution in [2.75, 3.05) is 25.1 Å². The van der Waals surface area contributed by atoms with Crippen molar-refractivity contribution >= 4 is 16.7 Å². The minimum atomic E-state index is -4.48. The Kier molecular flexibility index (Phi) is 4.69. The molecule has 2 aliphatic heterocycles. The van der Waals surface area contributed by atoms with E-state index >= 15 is 0 Å². The highest BCUT2D eigenvalue weighted by molar-refractivity contribution is 5.79. The first-order chi connectivity index (χ1) is 15.3. The Morgan fingerprint density at radius 1 is 1.00 bits per heavy atom. The number of hydrogen-bond acceptors (Lipinski definition) is 6. The number of aromatic nitrogens is 2. The topological polar surface area (TPSA) is 53.5 Å². The van der Waals surface area contributed by atoms with Crippen LogP contribution >= 0.6 is 0 Å². The van der Waals surface area contributed by atoms with E-state index in [2.05, 4.69) is 20.3 Å². The van der Waals surface area contributed by atoms with Gasteiger partial charge in [0.05, 0.1) is 29.5 Å². The average Bonchev–Trinajstić information content (AvgIpc) is 2.99. The molecule has 0 fully saturated rings. The molecule has 32 heavy (non-hydrogen) atoms. The van der Waals surface area contributed by atoms with Crippen LogP contribution in [0.25, 0.3) is 22.3 Å². The summed E-state index contributed by atoms with van der Waals surface area (Å²) in [6.07, 6.45) is -0.542. The summed E-state index contributed by atoms with van der Waals surface area (Å²) < 4.78 is 44.5. The average molecular weight is 439 g/mol. The molecule has 3 aromatic rings. The Bertz CT molecular complexity index is 1270. The summed E-state index contributed by atoms with van der Waals surface area (Å²) in [5.74, 6) is 0.812. The maximum absolute atomic E-state index is 12.9. The van der Waals surface area contributed by atoms with Crippen LogP contribution in [0.3, 0.4) is 0 Å². The van der Waals surface area contributed by atoms with Crippen molar-refractivity contribution < 1.29 is 17.9 Å². The second kappa shape index (κ2) is 7.44. The smallest absolute Gasteiger partial charge is 0.433 e. The molecule has 164 valence electrons. The van der Waals surface area contributed by atoms with Crippen molar-refractivity contribution in [2.24, 2.45) is 0 Å². The molecule has 0 bridgehead atoms. The number of nitrogens with one attached hydrogen (secondary N) is 1. The molecule has 0 amide bonds. The first-order valence-electron chi connectivity index (χ1n) is 10.1. The van der Waals surface area contributed by atoms with Gasteiger partial charge in [-0.2, -0.15) is 13.2 Å². The number of anilines is 1. The van der Waals surface area contributed by atoms with E-state index in [0.717, 1.165) is 34.3 Å². The molecule has 2 aliphatic rings. The highest BCUT2D eigenvalue weighted by Gasteiger charge is 2.32. The fourth-order valence-electron chi connectivity index (χ4n) is 3.86. The molecule has 0 saturated carbocycles. The Morgan fingerprint density at radius 3 is 2.56 bits per heavy atom. The van der Waals surface area contributed by atoms with Crippen LogP contribution in [0.2, 0.25) is 0 Å². The van der Waals surface area contributed by atoms with Crippen LogP contribution in [0.5, 0.6) is 0 Å². The Hall–Kier alpha value is -3.75. The summed E-state index contributed by atoms with van der Waals surface area (Å²) in [6, 6.07) is 11.6. The Morgan fingerprint density at radius 2 is 1.78 bits per heavy atom. The van der Waals surface area contributed by atoms with Gasteiger partial charge in [-0.3, -0.25) is 10.4 Å². The molecular weight excluding hydrogens is 419 g/mol. The minimum Gasteiger partial charge on any atom is -0.488 e. The number of aryl methyl sites for hydroxylation is 1. The van der Waals surface area contributed by atoms with Gasteiger partial charge in [0.1, 0.15) is 18.0 Å². The van der Waals surface area contributed by atoms with Gasteiger partial charge in [-0.1, -0.05) is 6.07 Å². The van der Waals surface area contributed by atoms with Gasteiger partial charge in [-0.25, -0.2) is 9.97 Å². The summed E-state index contributed by atoms with van der Waals surface area (Å²) in [7, 11) is 1.91. The minimum absolute atomic E-state index is 0.214. The van der Waals surface area contributed by atoms with E-state index in [1.165, 1.54) is 6.07 Å². The molecule has 0 unspecified atom stereocenters. The maximum atomic E-state index is 12.9. The van der Waals surface area contributed by atoms with Crippen molar-refractivity contribution in [2.45, 2.75) is 13.1 Å². The lowest BCUT2D eigenvalue weighted by Crippen LogP contribution is -2.26. The fourth-order valence-corrected chi connectivity index (χ4v) is 3.86. The number of hydrogen-bond donors (Lipinski definition) is 1. The van der Waals surface area contributed by atoms with Crippen LogP contribution in [0.15, 0.2) is 66.3 Å². The third kappa shape index (κ3) is 3.70. The molecule has 0 radical (unpaired) electrons. The Labute approximate surface area is 182 Å². The van der Waals surface area contributed by atoms with Crippen molar-refractivity contribution in [3.8, 4) is 11.3 Å². The van der Waals surface area contributed by atoms with Crippen LogP contribution < -0.4 is 10.3 Å². The number of halogens is 3. The third-order valence-electron chi connectivity index (χ3n) is 5.38. The zero-order valence-corrected chi connectivity index (χ0v) is 17.4. The van der Waals surface area contributed by atoms with E-state index < -0.39 is 11.9 Å². The van der Waals surface area contributed by atoms with Gasteiger partial charge in [0.25, 0.3) is 0 Å². The molecule has 1 N–H and O–H groups in total. The van der Waals surface area contributed by atoms with Gasteiger partial charge in [0, 0.05) is 24.5 Å².